The molecule has 0 saturated carbocycles. The Bertz CT molecular complexity index is 1230. The van der Waals surface area contributed by atoms with Crippen LogP contribution in [0.15, 0.2) is 63.9 Å². The predicted octanol–water partition coefficient (Wildman–Crippen LogP) is 4.41. The Balaban J connectivity index is 1.44. The standard InChI is InChI=1S/C22H20Cl2N2O5S/c1-30-15-5-7-16(8-6-15)32(28,29)26-13-11-25(12-14-26)22(27)20-10-9-19(31-20)17-3-2-4-18(23)21(17)24/h2-10H,11-14H2,1H3. The molecule has 168 valence electrons. The summed E-state index contributed by atoms with van der Waals surface area (Å²) < 4.78 is 38.0. The fourth-order valence-electron chi connectivity index (χ4n) is 3.48. The van der Waals surface area contributed by atoms with Crippen molar-refractivity contribution in [2.75, 3.05) is 33.3 Å². The van der Waals surface area contributed by atoms with Crippen molar-refractivity contribution < 1.29 is 22.4 Å². The number of ether oxygens (including phenoxy) is 1. The van der Waals surface area contributed by atoms with Gasteiger partial charge in [-0.05, 0) is 48.5 Å². The van der Waals surface area contributed by atoms with E-state index in [1.54, 1.807) is 47.4 Å². The molecule has 0 N–H and O–H groups in total. The van der Waals surface area contributed by atoms with E-state index in [4.69, 9.17) is 32.4 Å². The van der Waals surface area contributed by atoms with Gasteiger partial charge in [-0.1, -0.05) is 29.3 Å². The molecule has 1 amide bonds. The monoisotopic (exact) mass is 494 g/mol. The van der Waals surface area contributed by atoms with Crippen LogP contribution in [0.2, 0.25) is 10.0 Å². The van der Waals surface area contributed by atoms with Crippen molar-refractivity contribution in [1.29, 1.82) is 0 Å². The SMILES string of the molecule is COc1ccc(S(=O)(=O)N2CCN(C(=O)c3ccc(-c4cccc(Cl)c4Cl)o3)CC2)cc1. The zero-order valence-electron chi connectivity index (χ0n) is 17.1. The summed E-state index contributed by atoms with van der Waals surface area (Å²) in [6.45, 7) is 0.881. The van der Waals surface area contributed by atoms with Crippen LogP contribution in [-0.4, -0.2) is 56.8 Å². The molecule has 4 rings (SSSR count). The lowest BCUT2D eigenvalue weighted by Gasteiger charge is -2.33. The third kappa shape index (κ3) is 4.36. The Morgan fingerprint density at radius 3 is 2.31 bits per heavy atom. The van der Waals surface area contributed by atoms with Gasteiger partial charge in [0, 0.05) is 31.7 Å². The average molecular weight is 495 g/mol. The molecule has 2 heterocycles. The molecule has 7 nitrogen and oxygen atoms in total. The number of amides is 1. The van der Waals surface area contributed by atoms with Gasteiger partial charge in [-0.25, -0.2) is 8.42 Å². The number of benzene rings is 2. The summed E-state index contributed by atoms with van der Waals surface area (Å²) in [5.41, 5.74) is 0.591. The number of hydrogen-bond acceptors (Lipinski definition) is 5. The summed E-state index contributed by atoms with van der Waals surface area (Å²) in [6.07, 6.45) is 0. The molecule has 3 aromatic rings. The zero-order chi connectivity index (χ0) is 22.9. The Hall–Kier alpha value is -2.52. The quantitative estimate of drug-likeness (QED) is 0.524. The topological polar surface area (TPSA) is 80.1 Å². The molecule has 32 heavy (non-hydrogen) atoms. The fourth-order valence-corrected chi connectivity index (χ4v) is 5.29. The largest absolute Gasteiger partial charge is 0.497 e. The molecule has 0 unspecified atom stereocenters. The van der Waals surface area contributed by atoms with Crippen molar-refractivity contribution in [2.24, 2.45) is 0 Å². The first-order chi connectivity index (χ1) is 15.3. The molecule has 1 aromatic heterocycles. The first-order valence-corrected chi connectivity index (χ1v) is 12.0. The number of methoxy groups -OCH3 is 1. The Morgan fingerprint density at radius 1 is 0.969 bits per heavy atom. The molecular weight excluding hydrogens is 475 g/mol. The maximum Gasteiger partial charge on any atom is 0.289 e. The lowest BCUT2D eigenvalue weighted by Crippen LogP contribution is -2.50. The van der Waals surface area contributed by atoms with Crippen LogP contribution in [0.25, 0.3) is 11.3 Å². The van der Waals surface area contributed by atoms with Crippen LogP contribution >= 0.6 is 23.2 Å². The normalized spacial score (nSPS) is 15.0. The highest BCUT2D eigenvalue weighted by Gasteiger charge is 2.31. The minimum absolute atomic E-state index is 0.155. The van der Waals surface area contributed by atoms with Crippen molar-refractivity contribution in [2.45, 2.75) is 4.90 Å². The minimum Gasteiger partial charge on any atom is -0.497 e. The summed E-state index contributed by atoms with van der Waals surface area (Å²) in [5, 5.41) is 0.738. The fraction of sp³-hybridized carbons (Fsp3) is 0.227. The van der Waals surface area contributed by atoms with Crippen molar-refractivity contribution in [3.63, 3.8) is 0 Å². The van der Waals surface area contributed by atoms with Crippen molar-refractivity contribution in [3.05, 3.63) is 70.4 Å². The number of sulfonamides is 1. The summed E-state index contributed by atoms with van der Waals surface area (Å²) in [7, 11) is -2.13. The number of piperazine rings is 1. The molecule has 1 saturated heterocycles. The first-order valence-electron chi connectivity index (χ1n) is 9.79. The van der Waals surface area contributed by atoms with Gasteiger partial charge in [-0.2, -0.15) is 4.31 Å². The highest BCUT2D eigenvalue weighted by molar-refractivity contribution is 7.89. The highest BCUT2D eigenvalue weighted by atomic mass is 35.5. The van der Waals surface area contributed by atoms with E-state index in [1.807, 2.05) is 0 Å². The van der Waals surface area contributed by atoms with E-state index in [1.165, 1.54) is 23.5 Å². The van der Waals surface area contributed by atoms with Gasteiger partial charge in [0.2, 0.25) is 10.0 Å². The molecule has 1 fully saturated rings. The molecule has 2 aromatic carbocycles. The van der Waals surface area contributed by atoms with Gasteiger partial charge >= 0.3 is 0 Å². The highest BCUT2D eigenvalue weighted by Crippen LogP contribution is 2.34. The maximum atomic E-state index is 12.9. The number of halogens is 2. The number of furan rings is 1. The minimum atomic E-state index is -3.65. The number of carbonyl (C=O) groups excluding carboxylic acids is 1. The second-order valence-electron chi connectivity index (χ2n) is 7.14. The van der Waals surface area contributed by atoms with Crippen LogP contribution in [0.4, 0.5) is 0 Å². The van der Waals surface area contributed by atoms with Crippen LogP contribution in [0.5, 0.6) is 5.75 Å². The predicted molar refractivity (Wildman–Crippen MR) is 122 cm³/mol. The van der Waals surface area contributed by atoms with E-state index in [0.29, 0.717) is 27.1 Å². The smallest absolute Gasteiger partial charge is 0.289 e. The van der Waals surface area contributed by atoms with E-state index in [9.17, 15) is 13.2 Å². The van der Waals surface area contributed by atoms with Gasteiger partial charge in [0.05, 0.1) is 22.1 Å². The van der Waals surface area contributed by atoms with E-state index < -0.39 is 10.0 Å². The number of carbonyl (C=O) groups is 1. The Morgan fingerprint density at radius 2 is 1.66 bits per heavy atom. The number of nitrogens with zero attached hydrogens (tertiary/aromatic N) is 2. The zero-order valence-corrected chi connectivity index (χ0v) is 19.5. The molecule has 0 atom stereocenters. The molecule has 0 bridgehead atoms. The van der Waals surface area contributed by atoms with Crippen molar-refractivity contribution in [1.82, 2.24) is 9.21 Å². The molecule has 0 radical (unpaired) electrons. The Kier molecular flexibility index (Phi) is 6.48. The van der Waals surface area contributed by atoms with Crippen LogP contribution in [0, 0.1) is 0 Å². The average Bonchev–Trinajstić information content (AvgIpc) is 3.30. The molecule has 1 aliphatic rings. The molecule has 1 aliphatic heterocycles. The van der Waals surface area contributed by atoms with E-state index in [-0.39, 0.29) is 42.7 Å². The van der Waals surface area contributed by atoms with Crippen LogP contribution in [-0.2, 0) is 10.0 Å². The lowest BCUT2D eigenvalue weighted by molar-refractivity contribution is 0.0667. The Labute approximate surface area is 196 Å². The van der Waals surface area contributed by atoms with Crippen LogP contribution in [0.3, 0.4) is 0 Å². The molecule has 0 spiro atoms. The first kappa shape index (κ1) is 22.7. The van der Waals surface area contributed by atoms with E-state index in [0.717, 1.165) is 0 Å². The van der Waals surface area contributed by atoms with Gasteiger partial charge in [-0.15, -0.1) is 0 Å². The third-order valence-corrected chi connectivity index (χ3v) is 7.99. The summed E-state index contributed by atoms with van der Waals surface area (Å²) in [6, 6.07) is 14.6. The van der Waals surface area contributed by atoms with Crippen LogP contribution < -0.4 is 4.74 Å². The molecule has 10 heteroatoms. The number of rotatable bonds is 5. The van der Waals surface area contributed by atoms with E-state index in [2.05, 4.69) is 0 Å². The van der Waals surface area contributed by atoms with E-state index >= 15 is 0 Å². The van der Waals surface area contributed by atoms with Gasteiger partial charge in [0.15, 0.2) is 5.76 Å². The van der Waals surface area contributed by atoms with Crippen molar-refractivity contribution in [3.8, 4) is 17.1 Å². The molecule has 0 aliphatic carbocycles. The summed E-state index contributed by atoms with van der Waals surface area (Å²) in [5.74, 6) is 0.858. The van der Waals surface area contributed by atoms with Gasteiger partial charge in [-0.3, -0.25) is 4.79 Å². The van der Waals surface area contributed by atoms with Crippen molar-refractivity contribution >= 4 is 39.1 Å². The molecular formula is C22H20Cl2N2O5S. The summed E-state index contributed by atoms with van der Waals surface area (Å²) >= 11 is 12.3. The number of hydrogen-bond donors (Lipinski definition) is 0. The maximum absolute atomic E-state index is 12.9. The van der Waals surface area contributed by atoms with Crippen LogP contribution in [0.1, 0.15) is 10.6 Å². The summed E-state index contributed by atoms with van der Waals surface area (Å²) in [4.78, 5) is 14.6. The van der Waals surface area contributed by atoms with Gasteiger partial charge in [0.25, 0.3) is 5.91 Å². The second kappa shape index (κ2) is 9.15. The lowest BCUT2D eigenvalue weighted by atomic mass is 10.2. The third-order valence-electron chi connectivity index (χ3n) is 5.26. The van der Waals surface area contributed by atoms with Gasteiger partial charge < -0.3 is 14.1 Å². The second-order valence-corrected chi connectivity index (χ2v) is 9.86. The van der Waals surface area contributed by atoms with Gasteiger partial charge in [0.1, 0.15) is 11.5 Å².